The summed E-state index contributed by atoms with van der Waals surface area (Å²) < 4.78 is 6.26. The Morgan fingerprint density at radius 3 is 2.22 bits per heavy atom. The van der Waals surface area contributed by atoms with Gasteiger partial charge >= 0.3 is 0 Å². The molecule has 0 amide bonds. The van der Waals surface area contributed by atoms with Crippen molar-refractivity contribution in [2.24, 2.45) is 15.9 Å². The molecule has 3 heteroatoms. The summed E-state index contributed by atoms with van der Waals surface area (Å²) in [5.74, 6) is 1.23. The molecule has 1 aliphatic rings. The maximum Gasteiger partial charge on any atom is 0.238 e. The van der Waals surface area contributed by atoms with Gasteiger partial charge < -0.3 is 4.74 Å². The third-order valence-corrected chi connectivity index (χ3v) is 5.22. The van der Waals surface area contributed by atoms with Gasteiger partial charge in [-0.05, 0) is 19.3 Å². The zero-order valence-corrected chi connectivity index (χ0v) is 16.7. The number of unbranched alkanes of at least 4 members (excludes halogenated alkanes) is 1. The van der Waals surface area contributed by atoms with E-state index in [0.29, 0.717) is 18.4 Å². The highest BCUT2D eigenvalue weighted by molar-refractivity contribution is 6.46. The number of nitrogens with zero attached hydrogens (tertiary/aromatic N) is 2. The van der Waals surface area contributed by atoms with Gasteiger partial charge in [0.25, 0.3) is 0 Å². The molecule has 0 aromatic heterocycles. The Labute approximate surface area is 163 Å². The average molecular weight is 363 g/mol. The summed E-state index contributed by atoms with van der Waals surface area (Å²) in [4.78, 5) is 9.92. The molecule has 3 rings (SSSR count). The van der Waals surface area contributed by atoms with Crippen LogP contribution < -0.4 is 0 Å². The van der Waals surface area contributed by atoms with E-state index in [1.807, 2.05) is 36.4 Å². The SMILES string of the molecule is CCCCC(CC)COC1=NC(C)(c2ccccc2)N=C1c1ccccc1. The van der Waals surface area contributed by atoms with E-state index < -0.39 is 5.66 Å². The van der Waals surface area contributed by atoms with Crippen LogP contribution in [-0.2, 0) is 10.4 Å². The molecule has 1 heterocycles. The fraction of sp³-hybridized carbons (Fsp3) is 0.417. The summed E-state index contributed by atoms with van der Waals surface area (Å²) in [6, 6.07) is 20.5. The number of hydrogen-bond acceptors (Lipinski definition) is 3. The number of rotatable bonds is 8. The van der Waals surface area contributed by atoms with E-state index >= 15 is 0 Å². The first-order valence-corrected chi connectivity index (χ1v) is 10.1. The zero-order valence-electron chi connectivity index (χ0n) is 16.7. The van der Waals surface area contributed by atoms with E-state index in [4.69, 9.17) is 14.7 Å². The molecule has 0 radical (unpaired) electrons. The Hall–Kier alpha value is -2.42. The van der Waals surface area contributed by atoms with Gasteiger partial charge in [-0.1, -0.05) is 93.8 Å². The summed E-state index contributed by atoms with van der Waals surface area (Å²) in [7, 11) is 0. The minimum atomic E-state index is -0.632. The Morgan fingerprint density at radius 1 is 0.926 bits per heavy atom. The van der Waals surface area contributed by atoms with Crippen molar-refractivity contribution in [1.29, 1.82) is 0 Å². The van der Waals surface area contributed by atoms with Gasteiger partial charge in [0.15, 0.2) is 5.66 Å². The minimum Gasteiger partial charge on any atom is -0.476 e. The first-order valence-electron chi connectivity index (χ1n) is 10.1. The largest absolute Gasteiger partial charge is 0.476 e. The van der Waals surface area contributed by atoms with Gasteiger partial charge in [-0.2, -0.15) is 0 Å². The summed E-state index contributed by atoms with van der Waals surface area (Å²) in [6.45, 7) is 7.22. The number of benzene rings is 2. The monoisotopic (exact) mass is 362 g/mol. The molecule has 2 aromatic rings. The number of hydrogen-bond donors (Lipinski definition) is 0. The van der Waals surface area contributed by atoms with Crippen molar-refractivity contribution in [3.63, 3.8) is 0 Å². The van der Waals surface area contributed by atoms with Gasteiger partial charge in [0.1, 0.15) is 5.71 Å². The minimum absolute atomic E-state index is 0.563. The van der Waals surface area contributed by atoms with Gasteiger partial charge in [-0.25, -0.2) is 9.98 Å². The first-order chi connectivity index (χ1) is 13.2. The van der Waals surface area contributed by atoms with Crippen LogP contribution in [0.25, 0.3) is 0 Å². The highest BCUT2D eigenvalue weighted by atomic mass is 16.5. The summed E-state index contributed by atoms with van der Waals surface area (Å²) in [6.07, 6.45) is 4.80. The van der Waals surface area contributed by atoms with Crippen molar-refractivity contribution in [3.8, 4) is 0 Å². The molecule has 142 valence electrons. The molecule has 27 heavy (non-hydrogen) atoms. The van der Waals surface area contributed by atoms with Crippen LogP contribution in [-0.4, -0.2) is 18.2 Å². The predicted molar refractivity (Wildman–Crippen MR) is 113 cm³/mol. The maximum absolute atomic E-state index is 6.26. The molecule has 3 nitrogen and oxygen atoms in total. The van der Waals surface area contributed by atoms with E-state index in [2.05, 4.69) is 45.0 Å². The van der Waals surface area contributed by atoms with Crippen molar-refractivity contribution < 1.29 is 4.74 Å². The predicted octanol–water partition coefficient (Wildman–Crippen LogP) is 5.99. The van der Waals surface area contributed by atoms with Crippen LogP contribution in [0.15, 0.2) is 70.6 Å². The lowest BCUT2D eigenvalue weighted by Gasteiger charge is -2.18. The van der Waals surface area contributed by atoms with Gasteiger partial charge in [-0.3, -0.25) is 0 Å². The second kappa shape index (κ2) is 8.98. The van der Waals surface area contributed by atoms with Crippen LogP contribution in [0.5, 0.6) is 0 Å². The molecule has 1 aliphatic heterocycles. The number of aliphatic imine (C=N–C) groups is 2. The van der Waals surface area contributed by atoms with E-state index in [0.717, 1.165) is 23.3 Å². The van der Waals surface area contributed by atoms with Gasteiger partial charge in [0.05, 0.1) is 6.61 Å². The van der Waals surface area contributed by atoms with E-state index in [9.17, 15) is 0 Å². The highest BCUT2D eigenvalue weighted by Crippen LogP contribution is 2.33. The highest BCUT2D eigenvalue weighted by Gasteiger charge is 2.35. The van der Waals surface area contributed by atoms with Crippen molar-refractivity contribution in [2.45, 2.75) is 52.1 Å². The van der Waals surface area contributed by atoms with Crippen molar-refractivity contribution in [3.05, 3.63) is 71.8 Å². The Balaban J connectivity index is 1.87. The Kier molecular flexibility index (Phi) is 6.44. The zero-order chi connectivity index (χ0) is 19.1. The van der Waals surface area contributed by atoms with Crippen LogP contribution >= 0.6 is 0 Å². The van der Waals surface area contributed by atoms with Crippen LogP contribution in [0.4, 0.5) is 0 Å². The molecule has 0 bridgehead atoms. The van der Waals surface area contributed by atoms with Crippen LogP contribution in [0.2, 0.25) is 0 Å². The topological polar surface area (TPSA) is 34.0 Å². The fourth-order valence-electron chi connectivity index (χ4n) is 3.40. The average Bonchev–Trinajstić information content (AvgIpc) is 3.07. The van der Waals surface area contributed by atoms with Crippen molar-refractivity contribution >= 4 is 11.6 Å². The first kappa shape index (κ1) is 19.3. The standard InChI is InChI=1S/C24H30N2O/c1-4-6-13-19(5-2)18-27-23-22(20-14-9-7-10-15-20)25-24(3,26-23)21-16-11-8-12-17-21/h7-12,14-17,19H,4-6,13,18H2,1-3H3. The van der Waals surface area contributed by atoms with E-state index in [-0.39, 0.29) is 0 Å². The second-order valence-electron chi connectivity index (χ2n) is 7.36. The lowest BCUT2D eigenvalue weighted by Crippen LogP contribution is -2.20. The number of ether oxygens (including phenoxy) is 1. The molecule has 2 atom stereocenters. The third kappa shape index (κ3) is 4.65. The fourth-order valence-corrected chi connectivity index (χ4v) is 3.40. The summed E-state index contributed by atoms with van der Waals surface area (Å²) in [5, 5.41) is 0. The Morgan fingerprint density at radius 2 is 1.59 bits per heavy atom. The molecule has 0 saturated carbocycles. The molecule has 2 aromatic carbocycles. The summed E-state index contributed by atoms with van der Waals surface area (Å²) in [5.41, 5.74) is 2.35. The smallest absolute Gasteiger partial charge is 0.238 e. The van der Waals surface area contributed by atoms with Crippen molar-refractivity contribution in [1.82, 2.24) is 0 Å². The normalized spacial score (nSPS) is 20.1. The lowest BCUT2D eigenvalue weighted by atomic mass is 10.0. The third-order valence-electron chi connectivity index (χ3n) is 5.22. The lowest BCUT2D eigenvalue weighted by molar-refractivity contribution is 0.225. The molecule has 2 unspecified atom stereocenters. The van der Waals surface area contributed by atoms with Crippen LogP contribution in [0, 0.1) is 5.92 Å². The molecule has 0 saturated heterocycles. The molecule has 0 fully saturated rings. The summed E-state index contributed by atoms with van der Waals surface area (Å²) >= 11 is 0. The van der Waals surface area contributed by atoms with Gasteiger partial charge in [0, 0.05) is 11.1 Å². The Bertz CT molecular complexity index is 783. The molecular weight excluding hydrogens is 332 g/mol. The maximum atomic E-state index is 6.26. The van der Waals surface area contributed by atoms with Crippen LogP contribution in [0.3, 0.4) is 0 Å². The quantitative estimate of drug-likeness (QED) is 0.567. The van der Waals surface area contributed by atoms with Gasteiger partial charge in [0.2, 0.25) is 5.90 Å². The molecule has 0 aliphatic carbocycles. The second-order valence-corrected chi connectivity index (χ2v) is 7.36. The molecular formula is C24H30N2O. The van der Waals surface area contributed by atoms with E-state index in [1.54, 1.807) is 0 Å². The van der Waals surface area contributed by atoms with E-state index in [1.165, 1.54) is 19.3 Å². The van der Waals surface area contributed by atoms with Crippen molar-refractivity contribution in [2.75, 3.05) is 6.61 Å². The molecule has 0 N–H and O–H groups in total. The van der Waals surface area contributed by atoms with Gasteiger partial charge in [-0.15, -0.1) is 0 Å². The van der Waals surface area contributed by atoms with Crippen LogP contribution in [0.1, 0.15) is 57.6 Å². The molecule has 0 spiro atoms.